The minimum Gasteiger partial charge on any atom is -0.335 e. The van der Waals surface area contributed by atoms with Gasteiger partial charge in [-0.15, -0.1) is 0 Å². The Morgan fingerprint density at radius 1 is 1.42 bits per heavy atom. The molecule has 0 spiro atoms. The van der Waals surface area contributed by atoms with Crippen LogP contribution in [0.4, 0.5) is 4.79 Å². The third-order valence-electron chi connectivity index (χ3n) is 2.48. The minimum atomic E-state index is 0.102. The van der Waals surface area contributed by atoms with E-state index in [1.165, 1.54) is 6.42 Å². The summed E-state index contributed by atoms with van der Waals surface area (Å²) < 4.78 is 0. The van der Waals surface area contributed by atoms with Crippen molar-refractivity contribution in [2.24, 2.45) is 0 Å². The van der Waals surface area contributed by atoms with Gasteiger partial charge >= 0.3 is 6.03 Å². The van der Waals surface area contributed by atoms with Gasteiger partial charge in [0.25, 0.3) is 0 Å². The molecule has 0 aliphatic heterocycles. The molecule has 0 aromatic heterocycles. The summed E-state index contributed by atoms with van der Waals surface area (Å²) in [5.41, 5.74) is 0. The molecule has 1 fully saturated rings. The standard InChI is InChI=1S/C9H18N2O/c1-3-11(4-2)9(12)10-8-6-5-7-8/h8H,3-7H2,1-2H3,(H,10,12). The molecule has 1 aliphatic rings. The second kappa shape index (κ2) is 4.33. The average molecular weight is 170 g/mol. The van der Waals surface area contributed by atoms with E-state index < -0.39 is 0 Å². The topological polar surface area (TPSA) is 32.3 Å². The molecule has 0 aromatic rings. The smallest absolute Gasteiger partial charge is 0.317 e. The monoisotopic (exact) mass is 170 g/mol. The summed E-state index contributed by atoms with van der Waals surface area (Å²) in [6, 6.07) is 0.558. The van der Waals surface area contributed by atoms with Crippen LogP contribution in [-0.4, -0.2) is 30.1 Å². The zero-order valence-corrected chi connectivity index (χ0v) is 7.97. The number of carbonyl (C=O) groups is 1. The molecule has 0 saturated heterocycles. The van der Waals surface area contributed by atoms with E-state index in [2.05, 4.69) is 5.32 Å². The Hall–Kier alpha value is -0.730. The van der Waals surface area contributed by atoms with Crippen LogP contribution in [0.5, 0.6) is 0 Å². The number of rotatable bonds is 3. The van der Waals surface area contributed by atoms with Crippen molar-refractivity contribution >= 4 is 6.03 Å². The van der Waals surface area contributed by atoms with E-state index >= 15 is 0 Å². The molecule has 1 saturated carbocycles. The lowest BCUT2D eigenvalue weighted by molar-refractivity contribution is 0.191. The number of carbonyl (C=O) groups excluding carboxylic acids is 1. The van der Waals surface area contributed by atoms with Crippen LogP contribution in [-0.2, 0) is 0 Å². The maximum absolute atomic E-state index is 11.4. The van der Waals surface area contributed by atoms with Gasteiger partial charge in [0.15, 0.2) is 0 Å². The summed E-state index contributed by atoms with van der Waals surface area (Å²) in [7, 11) is 0. The lowest BCUT2D eigenvalue weighted by Gasteiger charge is -2.29. The van der Waals surface area contributed by atoms with Crippen molar-refractivity contribution < 1.29 is 4.79 Å². The summed E-state index contributed by atoms with van der Waals surface area (Å²) in [6.07, 6.45) is 3.59. The Kier molecular flexibility index (Phi) is 3.38. The van der Waals surface area contributed by atoms with Crippen molar-refractivity contribution in [1.29, 1.82) is 0 Å². The SMILES string of the molecule is CCN(CC)C(=O)NC1CCC1. The molecule has 3 nitrogen and oxygen atoms in total. The number of amides is 2. The van der Waals surface area contributed by atoms with Gasteiger partial charge in [0, 0.05) is 19.1 Å². The second-order valence-electron chi connectivity index (χ2n) is 3.25. The van der Waals surface area contributed by atoms with E-state index in [0.717, 1.165) is 25.9 Å². The van der Waals surface area contributed by atoms with Crippen LogP contribution in [0.2, 0.25) is 0 Å². The first-order chi connectivity index (χ1) is 5.77. The molecule has 12 heavy (non-hydrogen) atoms. The fourth-order valence-corrected chi connectivity index (χ4v) is 1.33. The molecule has 3 heteroatoms. The fourth-order valence-electron chi connectivity index (χ4n) is 1.33. The highest BCUT2D eigenvalue weighted by Crippen LogP contribution is 2.18. The molecule has 0 unspecified atom stereocenters. The van der Waals surface area contributed by atoms with Gasteiger partial charge in [0.05, 0.1) is 0 Å². The molecular formula is C9H18N2O. The predicted octanol–water partition coefficient (Wildman–Crippen LogP) is 1.59. The van der Waals surface area contributed by atoms with Crippen molar-refractivity contribution in [2.45, 2.75) is 39.2 Å². The maximum Gasteiger partial charge on any atom is 0.317 e. The number of nitrogens with zero attached hydrogens (tertiary/aromatic N) is 1. The maximum atomic E-state index is 11.4. The summed E-state index contributed by atoms with van der Waals surface area (Å²) >= 11 is 0. The first-order valence-electron chi connectivity index (χ1n) is 4.83. The van der Waals surface area contributed by atoms with Gasteiger partial charge in [-0.3, -0.25) is 0 Å². The van der Waals surface area contributed by atoms with Gasteiger partial charge < -0.3 is 10.2 Å². The minimum absolute atomic E-state index is 0.102. The Labute approximate surface area is 74.1 Å². The van der Waals surface area contributed by atoms with E-state index in [0.29, 0.717) is 6.04 Å². The lowest BCUT2D eigenvalue weighted by Crippen LogP contribution is -2.47. The Bertz CT molecular complexity index is 151. The summed E-state index contributed by atoms with van der Waals surface area (Å²) in [5, 5.41) is 3.01. The van der Waals surface area contributed by atoms with Crippen LogP contribution in [0.25, 0.3) is 0 Å². The average Bonchev–Trinajstić information content (AvgIpc) is 1.99. The third kappa shape index (κ3) is 2.13. The van der Waals surface area contributed by atoms with Gasteiger partial charge in [-0.2, -0.15) is 0 Å². The summed E-state index contributed by atoms with van der Waals surface area (Å²) in [4.78, 5) is 13.2. The number of hydrogen-bond donors (Lipinski definition) is 1. The number of urea groups is 1. The van der Waals surface area contributed by atoms with Crippen molar-refractivity contribution in [3.63, 3.8) is 0 Å². The van der Waals surface area contributed by atoms with E-state index in [1.807, 2.05) is 18.7 Å². The fraction of sp³-hybridized carbons (Fsp3) is 0.889. The van der Waals surface area contributed by atoms with Crippen molar-refractivity contribution in [1.82, 2.24) is 10.2 Å². The number of hydrogen-bond acceptors (Lipinski definition) is 1. The lowest BCUT2D eigenvalue weighted by atomic mass is 9.93. The highest BCUT2D eigenvalue weighted by atomic mass is 16.2. The Morgan fingerprint density at radius 2 is 2.00 bits per heavy atom. The number of nitrogens with one attached hydrogen (secondary N) is 1. The first-order valence-corrected chi connectivity index (χ1v) is 4.83. The van der Waals surface area contributed by atoms with Crippen molar-refractivity contribution in [3.05, 3.63) is 0 Å². The molecule has 0 atom stereocenters. The van der Waals surface area contributed by atoms with E-state index in [9.17, 15) is 4.79 Å². The molecular weight excluding hydrogens is 152 g/mol. The molecule has 1 rings (SSSR count). The second-order valence-corrected chi connectivity index (χ2v) is 3.25. The van der Waals surface area contributed by atoms with Crippen molar-refractivity contribution in [3.8, 4) is 0 Å². The molecule has 1 aliphatic carbocycles. The van der Waals surface area contributed by atoms with Crippen LogP contribution in [0.1, 0.15) is 33.1 Å². The molecule has 2 amide bonds. The van der Waals surface area contributed by atoms with Gasteiger partial charge in [-0.05, 0) is 33.1 Å². The normalized spacial score (nSPS) is 16.8. The summed E-state index contributed by atoms with van der Waals surface area (Å²) in [6.45, 7) is 5.61. The zero-order valence-electron chi connectivity index (χ0n) is 7.97. The van der Waals surface area contributed by atoms with Crippen LogP contribution in [0, 0.1) is 0 Å². The molecule has 0 heterocycles. The van der Waals surface area contributed by atoms with Gasteiger partial charge in [0.1, 0.15) is 0 Å². The van der Waals surface area contributed by atoms with E-state index in [4.69, 9.17) is 0 Å². The van der Waals surface area contributed by atoms with Gasteiger partial charge in [0.2, 0.25) is 0 Å². The Morgan fingerprint density at radius 3 is 2.33 bits per heavy atom. The largest absolute Gasteiger partial charge is 0.335 e. The first kappa shape index (κ1) is 9.36. The predicted molar refractivity (Wildman–Crippen MR) is 49.1 cm³/mol. The van der Waals surface area contributed by atoms with Gasteiger partial charge in [-0.1, -0.05) is 0 Å². The van der Waals surface area contributed by atoms with E-state index in [1.54, 1.807) is 0 Å². The van der Waals surface area contributed by atoms with Crippen LogP contribution in [0.15, 0.2) is 0 Å². The van der Waals surface area contributed by atoms with Crippen LogP contribution < -0.4 is 5.32 Å². The van der Waals surface area contributed by atoms with E-state index in [-0.39, 0.29) is 6.03 Å². The zero-order chi connectivity index (χ0) is 8.97. The molecule has 0 bridgehead atoms. The third-order valence-corrected chi connectivity index (χ3v) is 2.48. The highest BCUT2D eigenvalue weighted by molar-refractivity contribution is 5.74. The molecule has 1 N–H and O–H groups in total. The quantitative estimate of drug-likeness (QED) is 0.685. The van der Waals surface area contributed by atoms with Crippen LogP contribution >= 0.6 is 0 Å². The van der Waals surface area contributed by atoms with Crippen LogP contribution in [0.3, 0.4) is 0 Å². The summed E-state index contributed by atoms with van der Waals surface area (Å²) in [5.74, 6) is 0. The van der Waals surface area contributed by atoms with Gasteiger partial charge in [-0.25, -0.2) is 4.79 Å². The highest BCUT2D eigenvalue weighted by Gasteiger charge is 2.20. The Balaban J connectivity index is 2.24. The molecule has 0 aromatic carbocycles. The molecule has 0 radical (unpaired) electrons. The molecule has 70 valence electrons. The van der Waals surface area contributed by atoms with Crippen molar-refractivity contribution in [2.75, 3.05) is 13.1 Å².